The molecule has 0 bridgehead atoms. The van der Waals surface area contributed by atoms with Gasteiger partial charge in [0, 0.05) is 30.9 Å². The van der Waals surface area contributed by atoms with E-state index in [0.717, 1.165) is 25.7 Å². The van der Waals surface area contributed by atoms with Crippen molar-refractivity contribution in [1.82, 2.24) is 4.72 Å². The Morgan fingerprint density at radius 1 is 1.06 bits per heavy atom. The summed E-state index contributed by atoms with van der Waals surface area (Å²) in [5.74, 6) is -0.194. The molecule has 3 rings (SSSR count). The molecule has 0 saturated carbocycles. The summed E-state index contributed by atoms with van der Waals surface area (Å²) < 4.78 is 32.6. The maximum atomic E-state index is 12.7. The zero-order valence-electron chi connectivity index (χ0n) is 19.0. The van der Waals surface area contributed by atoms with Gasteiger partial charge in [-0.15, -0.1) is 0 Å². The molecule has 9 heteroatoms. The molecule has 0 aliphatic carbocycles. The summed E-state index contributed by atoms with van der Waals surface area (Å²) in [6.07, 6.45) is 4.08. The second-order valence-corrected chi connectivity index (χ2v) is 9.84. The van der Waals surface area contributed by atoms with E-state index >= 15 is 0 Å². The Kier molecular flexibility index (Phi) is 8.46. The quantitative estimate of drug-likeness (QED) is 0.486. The normalized spacial score (nSPS) is 16.1. The summed E-state index contributed by atoms with van der Waals surface area (Å²) in [6, 6.07) is 13.2. The van der Waals surface area contributed by atoms with Crippen molar-refractivity contribution in [1.29, 1.82) is 0 Å². The van der Waals surface area contributed by atoms with Gasteiger partial charge in [0.1, 0.15) is 5.75 Å². The molecule has 2 aromatic rings. The van der Waals surface area contributed by atoms with Crippen LogP contribution in [0.4, 0.5) is 11.4 Å². The zero-order chi connectivity index (χ0) is 23.8. The van der Waals surface area contributed by atoms with Crippen molar-refractivity contribution < 1.29 is 22.7 Å². The highest BCUT2D eigenvalue weighted by Crippen LogP contribution is 2.27. The van der Waals surface area contributed by atoms with Crippen molar-refractivity contribution in [3.05, 3.63) is 48.5 Å². The molecular formula is C24H31N3O5S. The molecule has 178 valence electrons. The predicted molar refractivity (Wildman–Crippen MR) is 128 cm³/mol. The Hall–Kier alpha value is -2.91. The first-order valence-corrected chi connectivity index (χ1v) is 12.7. The van der Waals surface area contributed by atoms with Gasteiger partial charge in [0.25, 0.3) is 0 Å². The summed E-state index contributed by atoms with van der Waals surface area (Å²) in [5, 5.41) is 2.79. The molecule has 0 spiro atoms. The van der Waals surface area contributed by atoms with Crippen molar-refractivity contribution >= 4 is 33.2 Å². The van der Waals surface area contributed by atoms with Crippen LogP contribution in [0.2, 0.25) is 0 Å². The first-order valence-electron chi connectivity index (χ1n) is 11.2. The van der Waals surface area contributed by atoms with Crippen molar-refractivity contribution in [2.24, 2.45) is 5.92 Å². The van der Waals surface area contributed by atoms with Crippen LogP contribution in [-0.4, -0.2) is 40.4 Å². The first kappa shape index (κ1) is 24.7. The van der Waals surface area contributed by atoms with Gasteiger partial charge in [0.15, 0.2) is 0 Å². The van der Waals surface area contributed by atoms with Crippen LogP contribution in [0.5, 0.6) is 5.75 Å². The lowest BCUT2D eigenvalue weighted by Gasteiger charge is -2.17. The van der Waals surface area contributed by atoms with E-state index in [1.807, 2.05) is 0 Å². The number of carbonyl (C=O) groups excluding carboxylic acids is 2. The van der Waals surface area contributed by atoms with E-state index in [1.165, 1.54) is 12.1 Å². The molecule has 2 aromatic carbocycles. The van der Waals surface area contributed by atoms with Gasteiger partial charge in [0.05, 0.1) is 17.9 Å². The molecule has 1 aliphatic heterocycles. The maximum Gasteiger partial charge on any atom is 0.240 e. The topological polar surface area (TPSA) is 105 Å². The molecular weight excluding hydrogens is 442 g/mol. The van der Waals surface area contributed by atoms with Gasteiger partial charge in [-0.25, -0.2) is 13.1 Å². The lowest BCUT2D eigenvalue weighted by Crippen LogP contribution is -2.28. The molecule has 1 fully saturated rings. The van der Waals surface area contributed by atoms with Crippen molar-refractivity contribution in [3.63, 3.8) is 0 Å². The number of ether oxygens (including phenoxy) is 1. The van der Waals surface area contributed by atoms with Gasteiger partial charge in [-0.1, -0.05) is 26.2 Å². The van der Waals surface area contributed by atoms with Crippen LogP contribution in [0.3, 0.4) is 0 Å². The van der Waals surface area contributed by atoms with E-state index in [4.69, 9.17) is 4.74 Å². The Morgan fingerprint density at radius 3 is 2.39 bits per heavy atom. The number of nitrogens with one attached hydrogen (secondary N) is 2. The van der Waals surface area contributed by atoms with Gasteiger partial charge in [-0.05, 0) is 55.0 Å². The summed E-state index contributed by atoms with van der Waals surface area (Å²) in [4.78, 5) is 26.9. The Labute approximate surface area is 195 Å². The fourth-order valence-corrected chi connectivity index (χ4v) is 4.77. The highest BCUT2D eigenvalue weighted by atomic mass is 32.2. The monoisotopic (exact) mass is 473 g/mol. The predicted octanol–water partition coefficient (Wildman–Crippen LogP) is 3.55. The third kappa shape index (κ3) is 6.55. The number of unbranched alkanes of at least 4 members (excludes halogenated alkanes) is 3. The zero-order valence-corrected chi connectivity index (χ0v) is 19.9. The molecule has 8 nitrogen and oxygen atoms in total. The van der Waals surface area contributed by atoms with E-state index in [2.05, 4.69) is 17.0 Å². The summed E-state index contributed by atoms with van der Waals surface area (Å²) in [7, 11) is -2.01. The van der Waals surface area contributed by atoms with E-state index in [-0.39, 0.29) is 29.7 Å². The largest absolute Gasteiger partial charge is 0.497 e. The van der Waals surface area contributed by atoms with Gasteiger partial charge in [0.2, 0.25) is 21.8 Å². The van der Waals surface area contributed by atoms with E-state index in [9.17, 15) is 18.0 Å². The van der Waals surface area contributed by atoms with E-state index in [1.54, 1.807) is 48.4 Å². The maximum absolute atomic E-state index is 12.7. The average Bonchev–Trinajstić information content (AvgIpc) is 3.21. The van der Waals surface area contributed by atoms with Gasteiger partial charge < -0.3 is 15.0 Å². The van der Waals surface area contributed by atoms with Crippen molar-refractivity contribution in [2.75, 3.05) is 30.4 Å². The number of benzene rings is 2. The molecule has 0 aromatic heterocycles. The van der Waals surface area contributed by atoms with Crippen LogP contribution < -0.4 is 19.7 Å². The molecule has 1 aliphatic rings. The first-order chi connectivity index (χ1) is 15.8. The molecule has 2 N–H and O–H groups in total. The van der Waals surface area contributed by atoms with Crippen LogP contribution in [-0.2, 0) is 19.6 Å². The minimum absolute atomic E-state index is 0.117. The lowest BCUT2D eigenvalue weighted by atomic mass is 10.1. The summed E-state index contributed by atoms with van der Waals surface area (Å²) in [6.45, 7) is 2.79. The molecule has 0 radical (unpaired) electrons. The minimum atomic E-state index is -3.58. The number of anilines is 2. The summed E-state index contributed by atoms with van der Waals surface area (Å²) >= 11 is 0. The van der Waals surface area contributed by atoms with Crippen molar-refractivity contribution in [3.8, 4) is 5.75 Å². The number of amides is 2. The second kappa shape index (κ2) is 11.3. The number of rotatable bonds is 11. The fourth-order valence-electron chi connectivity index (χ4n) is 3.70. The van der Waals surface area contributed by atoms with Gasteiger partial charge >= 0.3 is 0 Å². The number of nitrogens with zero attached hydrogens (tertiary/aromatic N) is 1. The molecule has 2 amide bonds. The third-order valence-corrected chi connectivity index (χ3v) is 7.11. The number of hydrogen-bond acceptors (Lipinski definition) is 5. The molecule has 1 atom stereocenters. The van der Waals surface area contributed by atoms with Crippen molar-refractivity contribution in [2.45, 2.75) is 43.9 Å². The highest BCUT2D eigenvalue weighted by Gasteiger charge is 2.35. The van der Waals surface area contributed by atoms with Crippen LogP contribution >= 0.6 is 0 Å². The smallest absolute Gasteiger partial charge is 0.240 e. The SMILES string of the molecule is CCCCCCNS(=O)(=O)c1ccc(NC(=O)[C@@H]2CC(=O)N(c3ccc(OC)cc3)C2)cc1. The number of carbonyl (C=O) groups is 2. The van der Waals surface area contributed by atoms with E-state index < -0.39 is 15.9 Å². The fraction of sp³-hybridized carbons (Fsp3) is 0.417. The molecule has 1 heterocycles. The Balaban J connectivity index is 1.55. The number of methoxy groups -OCH3 is 1. The molecule has 33 heavy (non-hydrogen) atoms. The van der Waals surface area contributed by atoms with Crippen LogP contribution in [0.1, 0.15) is 39.0 Å². The van der Waals surface area contributed by atoms with Gasteiger partial charge in [-0.3, -0.25) is 9.59 Å². The lowest BCUT2D eigenvalue weighted by molar-refractivity contribution is -0.122. The molecule has 0 unspecified atom stereocenters. The standard InChI is InChI=1S/C24H31N3O5S/c1-3-4-5-6-15-25-33(30,31)22-13-7-19(8-14-22)26-24(29)18-16-23(28)27(17-18)20-9-11-21(32-2)12-10-20/h7-14,18,25H,3-6,15-17H2,1-2H3,(H,26,29)/t18-/m1/s1. The Bertz CT molecular complexity index is 1050. The number of hydrogen-bond donors (Lipinski definition) is 2. The van der Waals surface area contributed by atoms with E-state index in [0.29, 0.717) is 23.7 Å². The van der Waals surface area contributed by atoms with Crippen LogP contribution in [0.15, 0.2) is 53.4 Å². The van der Waals surface area contributed by atoms with Crippen LogP contribution in [0.25, 0.3) is 0 Å². The van der Waals surface area contributed by atoms with Crippen LogP contribution in [0, 0.1) is 5.92 Å². The summed E-state index contributed by atoms with van der Waals surface area (Å²) in [5.41, 5.74) is 1.20. The molecule has 1 saturated heterocycles. The minimum Gasteiger partial charge on any atom is -0.497 e. The number of sulfonamides is 1. The van der Waals surface area contributed by atoms with Gasteiger partial charge in [-0.2, -0.15) is 0 Å². The Morgan fingerprint density at radius 2 is 1.76 bits per heavy atom. The third-order valence-electron chi connectivity index (χ3n) is 5.63. The average molecular weight is 474 g/mol. The highest BCUT2D eigenvalue weighted by molar-refractivity contribution is 7.89. The second-order valence-electron chi connectivity index (χ2n) is 8.08.